The summed E-state index contributed by atoms with van der Waals surface area (Å²) in [4.78, 5) is 16.9. The van der Waals surface area contributed by atoms with E-state index in [1.165, 1.54) is 0 Å². The lowest BCUT2D eigenvalue weighted by Gasteiger charge is -2.30. The number of hydrogen-bond donors (Lipinski definition) is 1. The average Bonchev–Trinajstić information content (AvgIpc) is 2.75. The first-order valence-electron chi connectivity index (χ1n) is 8.12. The van der Waals surface area contributed by atoms with Gasteiger partial charge in [-0.3, -0.25) is 15.0 Å². The predicted octanol–water partition coefficient (Wildman–Crippen LogP) is 1.05. The number of carbonyl (C=O) groups excluding carboxylic acids is 1. The van der Waals surface area contributed by atoms with Gasteiger partial charge in [0.2, 0.25) is 5.91 Å². The maximum Gasteiger partial charge on any atom is 0.241 e. The summed E-state index contributed by atoms with van der Waals surface area (Å²) in [5.74, 6) is 0.304. The first-order valence-corrected chi connectivity index (χ1v) is 8.12. The minimum atomic E-state index is 0.0428. The zero-order chi connectivity index (χ0) is 14.4. The number of carbonyl (C=O) groups is 1. The fourth-order valence-corrected chi connectivity index (χ4v) is 3.10. The third-order valence-electron chi connectivity index (χ3n) is 4.25. The van der Waals surface area contributed by atoms with Crippen LogP contribution < -0.4 is 5.32 Å². The quantitative estimate of drug-likeness (QED) is 0.758. The maximum absolute atomic E-state index is 12.5. The smallest absolute Gasteiger partial charge is 0.241 e. The monoisotopic (exact) mass is 283 g/mol. The van der Waals surface area contributed by atoms with Crippen LogP contribution in [0.3, 0.4) is 0 Å². The normalized spacial score (nSPS) is 28.3. The standard InChI is InChI=1S/C15H29N3O2/c1-3-5-13-15(19)18(14(16-13)6-4-2)8-7-17-9-11-20-12-10-17/h13-14,16H,3-12H2,1-2H3. The highest BCUT2D eigenvalue weighted by molar-refractivity contribution is 5.84. The molecule has 0 aromatic heterocycles. The Morgan fingerprint density at radius 2 is 1.85 bits per heavy atom. The van der Waals surface area contributed by atoms with E-state index in [0.717, 1.165) is 65.1 Å². The highest BCUT2D eigenvalue weighted by atomic mass is 16.5. The van der Waals surface area contributed by atoms with Crippen molar-refractivity contribution in [3.05, 3.63) is 0 Å². The lowest BCUT2D eigenvalue weighted by Crippen LogP contribution is -2.45. The van der Waals surface area contributed by atoms with E-state index in [-0.39, 0.29) is 12.2 Å². The number of morpholine rings is 1. The number of ether oxygens (including phenoxy) is 1. The lowest BCUT2D eigenvalue weighted by atomic mass is 10.2. The van der Waals surface area contributed by atoms with Crippen LogP contribution in [-0.4, -0.2) is 67.3 Å². The molecule has 2 fully saturated rings. The maximum atomic E-state index is 12.5. The van der Waals surface area contributed by atoms with Crippen molar-refractivity contribution in [2.45, 2.75) is 51.7 Å². The third kappa shape index (κ3) is 3.93. The minimum absolute atomic E-state index is 0.0428. The zero-order valence-corrected chi connectivity index (χ0v) is 12.9. The van der Waals surface area contributed by atoms with Crippen LogP contribution >= 0.6 is 0 Å². The number of hydrogen-bond acceptors (Lipinski definition) is 4. The van der Waals surface area contributed by atoms with Gasteiger partial charge < -0.3 is 9.64 Å². The molecule has 0 radical (unpaired) electrons. The van der Waals surface area contributed by atoms with Crippen LogP contribution in [-0.2, 0) is 9.53 Å². The van der Waals surface area contributed by atoms with Gasteiger partial charge in [0.15, 0.2) is 0 Å². The van der Waals surface area contributed by atoms with Crippen LogP contribution in [0.4, 0.5) is 0 Å². The highest BCUT2D eigenvalue weighted by Gasteiger charge is 2.37. The fourth-order valence-electron chi connectivity index (χ4n) is 3.10. The summed E-state index contributed by atoms with van der Waals surface area (Å²) in [6, 6.07) is 0.0428. The largest absolute Gasteiger partial charge is 0.379 e. The molecule has 2 rings (SSSR count). The fraction of sp³-hybridized carbons (Fsp3) is 0.933. The van der Waals surface area contributed by atoms with Gasteiger partial charge in [0.1, 0.15) is 0 Å². The number of nitrogens with one attached hydrogen (secondary N) is 1. The van der Waals surface area contributed by atoms with Gasteiger partial charge in [-0.1, -0.05) is 26.7 Å². The molecule has 20 heavy (non-hydrogen) atoms. The second-order valence-electron chi connectivity index (χ2n) is 5.80. The summed E-state index contributed by atoms with van der Waals surface area (Å²) in [5.41, 5.74) is 0. The molecule has 0 bridgehead atoms. The Kier molecular flexibility index (Phi) is 6.26. The van der Waals surface area contributed by atoms with Crippen molar-refractivity contribution in [2.24, 2.45) is 0 Å². The van der Waals surface area contributed by atoms with Crippen LogP contribution in [0.25, 0.3) is 0 Å². The molecule has 2 aliphatic rings. The van der Waals surface area contributed by atoms with Gasteiger partial charge >= 0.3 is 0 Å². The molecule has 0 aromatic rings. The van der Waals surface area contributed by atoms with E-state index in [1.54, 1.807) is 0 Å². The zero-order valence-electron chi connectivity index (χ0n) is 12.9. The molecule has 5 heteroatoms. The second kappa shape index (κ2) is 7.96. The predicted molar refractivity (Wildman–Crippen MR) is 79.5 cm³/mol. The molecule has 1 amide bonds. The van der Waals surface area contributed by atoms with Crippen molar-refractivity contribution in [2.75, 3.05) is 39.4 Å². The SMILES string of the molecule is CCCC1NC(CCC)N(CCN2CCOCC2)C1=O. The van der Waals surface area contributed by atoms with Crippen molar-refractivity contribution < 1.29 is 9.53 Å². The van der Waals surface area contributed by atoms with Gasteiger partial charge in [-0.05, 0) is 12.8 Å². The lowest BCUT2D eigenvalue weighted by molar-refractivity contribution is -0.130. The molecular formula is C15H29N3O2. The Morgan fingerprint density at radius 1 is 1.15 bits per heavy atom. The van der Waals surface area contributed by atoms with Crippen molar-refractivity contribution in [3.63, 3.8) is 0 Å². The number of amides is 1. The number of rotatable bonds is 7. The van der Waals surface area contributed by atoms with E-state index in [2.05, 4.69) is 29.0 Å². The average molecular weight is 283 g/mol. The summed E-state index contributed by atoms with van der Waals surface area (Å²) < 4.78 is 5.37. The highest BCUT2D eigenvalue weighted by Crippen LogP contribution is 2.18. The summed E-state index contributed by atoms with van der Waals surface area (Å²) >= 11 is 0. The Labute approximate surface area is 122 Å². The molecule has 0 saturated carbocycles. The Hall–Kier alpha value is -0.650. The van der Waals surface area contributed by atoms with Crippen molar-refractivity contribution in [1.29, 1.82) is 0 Å². The topological polar surface area (TPSA) is 44.8 Å². The number of nitrogens with zero attached hydrogens (tertiary/aromatic N) is 2. The first-order chi connectivity index (χ1) is 9.76. The Morgan fingerprint density at radius 3 is 2.50 bits per heavy atom. The van der Waals surface area contributed by atoms with Crippen LogP contribution in [0.1, 0.15) is 39.5 Å². The van der Waals surface area contributed by atoms with Gasteiger partial charge in [-0.25, -0.2) is 0 Å². The van der Waals surface area contributed by atoms with Crippen LogP contribution in [0.5, 0.6) is 0 Å². The molecule has 0 spiro atoms. The summed E-state index contributed by atoms with van der Waals surface area (Å²) in [7, 11) is 0. The van der Waals surface area contributed by atoms with E-state index in [9.17, 15) is 4.79 Å². The molecule has 116 valence electrons. The molecule has 1 N–H and O–H groups in total. The van der Waals surface area contributed by atoms with Crippen LogP contribution in [0.2, 0.25) is 0 Å². The third-order valence-corrected chi connectivity index (χ3v) is 4.25. The molecule has 2 saturated heterocycles. The van der Waals surface area contributed by atoms with Crippen LogP contribution in [0.15, 0.2) is 0 Å². The van der Waals surface area contributed by atoms with E-state index >= 15 is 0 Å². The summed E-state index contributed by atoms with van der Waals surface area (Å²) in [6.07, 6.45) is 4.41. The molecule has 5 nitrogen and oxygen atoms in total. The first kappa shape index (κ1) is 15.7. The van der Waals surface area contributed by atoms with E-state index in [0.29, 0.717) is 5.91 Å². The second-order valence-corrected chi connectivity index (χ2v) is 5.80. The minimum Gasteiger partial charge on any atom is -0.379 e. The van der Waals surface area contributed by atoms with E-state index in [4.69, 9.17) is 4.74 Å². The molecule has 0 aliphatic carbocycles. The molecule has 2 aliphatic heterocycles. The Balaban J connectivity index is 1.86. The molecule has 2 unspecified atom stereocenters. The van der Waals surface area contributed by atoms with Gasteiger partial charge in [-0.2, -0.15) is 0 Å². The summed E-state index contributed by atoms with van der Waals surface area (Å²) in [5, 5.41) is 3.51. The van der Waals surface area contributed by atoms with E-state index < -0.39 is 0 Å². The van der Waals surface area contributed by atoms with Gasteiger partial charge in [0.25, 0.3) is 0 Å². The van der Waals surface area contributed by atoms with E-state index in [1.807, 2.05) is 0 Å². The Bertz CT molecular complexity index is 305. The molecular weight excluding hydrogens is 254 g/mol. The van der Waals surface area contributed by atoms with Crippen molar-refractivity contribution >= 4 is 5.91 Å². The summed E-state index contributed by atoms with van der Waals surface area (Å²) in [6.45, 7) is 9.76. The van der Waals surface area contributed by atoms with Crippen LogP contribution in [0, 0.1) is 0 Å². The molecule has 2 atom stereocenters. The van der Waals surface area contributed by atoms with Crippen molar-refractivity contribution in [1.82, 2.24) is 15.1 Å². The van der Waals surface area contributed by atoms with Gasteiger partial charge in [-0.15, -0.1) is 0 Å². The molecule has 0 aromatic carbocycles. The van der Waals surface area contributed by atoms with Gasteiger partial charge in [0.05, 0.1) is 25.4 Å². The van der Waals surface area contributed by atoms with Gasteiger partial charge in [0, 0.05) is 26.2 Å². The molecule has 2 heterocycles. The van der Waals surface area contributed by atoms with Crippen molar-refractivity contribution in [3.8, 4) is 0 Å².